The number of nitrogens with zero attached hydrogens (tertiary/aromatic N) is 2. The summed E-state index contributed by atoms with van der Waals surface area (Å²) in [5.41, 5.74) is 2.48. The van der Waals surface area contributed by atoms with E-state index in [1.54, 1.807) is 0 Å². The molecule has 0 unspecified atom stereocenters. The lowest BCUT2D eigenvalue weighted by atomic mass is 10.1. The molecule has 0 aliphatic rings. The van der Waals surface area contributed by atoms with Crippen molar-refractivity contribution in [2.24, 2.45) is 0 Å². The lowest BCUT2D eigenvalue weighted by Gasteiger charge is -2.14. The summed E-state index contributed by atoms with van der Waals surface area (Å²) < 4.78 is 64.1. The van der Waals surface area contributed by atoms with Crippen molar-refractivity contribution >= 4 is 5.69 Å². The maximum absolute atomic E-state index is 12.5. The predicted octanol–water partition coefficient (Wildman–Crippen LogP) is 2.37. The number of pyridine rings is 1. The molecule has 4 nitrogen and oxygen atoms in total. The highest BCUT2D eigenvalue weighted by molar-refractivity contribution is 5.61. The Balaban J connectivity index is 3.33. The second kappa shape index (κ2) is 4.40. The maximum Gasteiger partial charge on any atom is 0.573 e. The molecule has 0 aromatic carbocycles. The molecule has 1 aromatic heterocycles. The van der Waals surface area contributed by atoms with Crippen LogP contribution in [0, 0.1) is 11.3 Å². The number of alkyl halides is 5. The first-order valence-electron chi connectivity index (χ1n) is 3.98. The number of hydrogen-bond acceptors (Lipinski definition) is 4. The van der Waals surface area contributed by atoms with Gasteiger partial charge in [-0.15, -0.1) is 13.2 Å². The Kier molecular flexibility index (Phi) is 3.36. The Labute approximate surface area is 91.4 Å². The summed E-state index contributed by atoms with van der Waals surface area (Å²) in [5, 5.41) is 8.45. The lowest BCUT2D eigenvalue weighted by Crippen LogP contribution is -2.19. The van der Waals surface area contributed by atoms with Gasteiger partial charge in [-0.25, -0.2) is 13.8 Å². The number of nitriles is 1. The Hall–Kier alpha value is -2.11. The molecule has 92 valence electrons. The van der Waals surface area contributed by atoms with Crippen LogP contribution < -0.4 is 10.5 Å². The van der Waals surface area contributed by atoms with Gasteiger partial charge in [-0.2, -0.15) is 5.26 Å². The summed E-state index contributed by atoms with van der Waals surface area (Å²) in [6.45, 7) is 0. The van der Waals surface area contributed by atoms with Crippen LogP contribution in [0.4, 0.5) is 27.6 Å². The van der Waals surface area contributed by atoms with E-state index in [0.29, 0.717) is 6.20 Å². The number of hydrogen-bond donors (Lipinski definition) is 1. The van der Waals surface area contributed by atoms with E-state index in [-0.39, 0.29) is 0 Å². The molecule has 1 heterocycles. The minimum atomic E-state index is -5.15. The molecule has 0 saturated carbocycles. The first-order chi connectivity index (χ1) is 7.76. The number of ether oxygens (including phenoxy) is 1. The van der Waals surface area contributed by atoms with E-state index in [0.717, 1.165) is 0 Å². The SMILES string of the molecule is N#Cc1ncc(OC(F)(F)F)c(C(F)F)c1N. The average molecular weight is 253 g/mol. The van der Waals surface area contributed by atoms with Crippen LogP contribution in [0.25, 0.3) is 0 Å². The zero-order valence-corrected chi connectivity index (χ0v) is 7.92. The van der Waals surface area contributed by atoms with Gasteiger partial charge < -0.3 is 10.5 Å². The van der Waals surface area contributed by atoms with E-state index in [9.17, 15) is 22.0 Å². The van der Waals surface area contributed by atoms with Gasteiger partial charge >= 0.3 is 6.36 Å². The van der Waals surface area contributed by atoms with Crippen molar-refractivity contribution in [3.05, 3.63) is 17.5 Å². The molecule has 2 N–H and O–H groups in total. The summed E-state index contributed by atoms with van der Waals surface area (Å²) in [5.74, 6) is -1.22. The Morgan fingerprint density at radius 1 is 1.41 bits per heavy atom. The van der Waals surface area contributed by atoms with E-state index in [4.69, 9.17) is 11.0 Å². The first-order valence-corrected chi connectivity index (χ1v) is 3.98. The van der Waals surface area contributed by atoms with Crippen molar-refractivity contribution in [3.63, 3.8) is 0 Å². The highest BCUT2D eigenvalue weighted by atomic mass is 19.4. The molecule has 17 heavy (non-hydrogen) atoms. The van der Waals surface area contributed by atoms with Gasteiger partial charge in [0, 0.05) is 0 Å². The van der Waals surface area contributed by atoms with E-state index in [2.05, 4.69) is 9.72 Å². The van der Waals surface area contributed by atoms with Crippen LogP contribution in [-0.4, -0.2) is 11.3 Å². The van der Waals surface area contributed by atoms with Crippen molar-refractivity contribution in [2.45, 2.75) is 12.8 Å². The number of anilines is 1. The van der Waals surface area contributed by atoms with Gasteiger partial charge in [0.15, 0.2) is 11.4 Å². The summed E-state index contributed by atoms with van der Waals surface area (Å²) in [4.78, 5) is 3.18. The monoisotopic (exact) mass is 253 g/mol. The molecule has 0 aliphatic heterocycles. The van der Waals surface area contributed by atoms with Crippen LogP contribution in [0.15, 0.2) is 6.20 Å². The average Bonchev–Trinajstić information content (AvgIpc) is 2.14. The van der Waals surface area contributed by atoms with Gasteiger partial charge in [0.05, 0.1) is 17.4 Å². The summed E-state index contributed by atoms with van der Waals surface area (Å²) >= 11 is 0. The van der Waals surface area contributed by atoms with Crippen LogP contribution in [0.5, 0.6) is 5.75 Å². The van der Waals surface area contributed by atoms with Gasteiger partial charge in [-0.3, -0.25) is 0 Å². The molecule has 0 saturated heterocycles. The summed E-state index contributed by atoms with van der Waals surface area (Å²) in [6, 6.07) is 1.37. The molecular formula is C8H4F5N3O. The van der Waals surface area contributed by atoms with Crippen LogP contribution >= 0.6 is 0 Å². The van der Waals surface area contributed by atoms with Crippen molar-refractivity contribution in [2.75, 3.05) is 5.73 Å². The third kappa shape index (κ3) is 2.93. The number of rotatable bonds is 2. The first kappa shape index (κ1) is 13.0. The molecule has 9 heteroatoms. The van der Waals surface area contributed by atoms with Gasteiger partial charge in [0.1, 0.15) is 6.07 Å². The van der Waals surface area contributed by atoms with Crippen LogP contribution in [-0.2, 0) is 0 Å². The molecule has 0 aliphatic carbocycles. The molecule has 1 aromatic rings. The zero-order valence-electron chi connectivity index (χ0n) is 7.92. The maximum atomic E-state index is 12.5. The second-order valence-electron chi connectivity index (χ2n) is 2.76. The summed E-state index contributed by atoms with van der Waals surface area (Å²) in [6.07, 6.45) is -8.09. The van der Waals surface area contributed by atoms with Crippen molar-refractivity contribution < 1.29 is 26.7 Å². The second-order valence-corrected chi connectivity index (χ2v) is 2.76. The van der Waals surface area contributed by atoms with Crippen LogP contribution in [0.3, 0.4) is 0 Å². The lowest BCUT2D eigenvalue weighted by molar-refractivity contribution is -0.275. The highest BCUT2D eigenvalue weighted by Gasteiger charge is 2.34. The Morgan fingerprint density at radius 3 is 2.41 bits per heavy atom. The molecule has 0 spiro atoms. The Bertz CT molecular complexity index is 465. The van der Waals surface area contributed by atoms with Crippen molar-refractivity contribution in [1.82, 2.24) is 4.98 Å². The van der Waals surface area contributed by atoms with Crippen molar-refractivity contribution in [3.8, 4) is 11.8 Å². The standard InChI is InChI=1S/C8H4F5N3O/c9-7(10)5-4(17-8(11,12)13)2-16-3(1-14)6(5)15/h2,7H,15H2. The third-order valence-corrected chi connectivity index (χ3v) is 1.67. The zero-order chi connectivity index (χ0) is 13.2. The fourth-order valence-electron chi connectivity index (χ4n) is 1.04. The number of nitrogens with two attached hydrogens (primary N) is 1. The third-order valence-electron chi connectivity index (χ3n) is 1.67. The summed E-state index contributed by atoms with van der Waals surface area (Å²) in [7, 11) is 0. The molecule has 0 amide bonds. The molecule has 0 bridgehead atoms. The van der Waals surface area contributed by atoms with E-state index < -0.39 is 35.5 Å². The van der Waals surface area contributed by atoms with Crippen molar-refractivity contribution in [1.29, 1.82) is 5.26 Å². The smallest absolute Gasteiger partial charge is 0.404 e. The topological polar surface area (TPSA) is 71.9 Å². The minimum absolute atomic E-state index is 0.379. The van der Waals surface area contributed by atoms with E-state index in [1.165, 1.54) is 6.07 Å². The fourth-order valence-corrected chi connectivity index (χ4v) is 1.04. The minimum Gasteiger partial charge on any atom is -0.404 e. The van der Waals surface area contributed by atoms with Crippen LogP contribution in [0.2, 0.25) is 0 Å². The van der Waals surface area contributed by atoms with Crippen LogP contribution in [0.1, 0.15) is 17.7 Å². The molecule has 1 rings (SSSR count). The van der Waals surface area contributed by atoms with E-state index in [1.807, 2.05) is 0 Å². The quantitative estimate of drug-likeness (QED) is 0.821. The molecular weight excluding hydrogens is 249 g/mol. The number of aromatic nitrogens is 1. The highest BCUT2D eigenvalue weighted by Crippen LogP contribution is 2.37. The fraction of sp³-hybridized carbons (Fsp3) is 0.250. The van der Waals surface area contributed by atoms with Gasteiger partial charge in [0.2, 0.25) is 0 Å². The van der Waals surface area contributed by atoms with Gasteiger partial charge in [-0.1, -0.05) is 0 Å². The van der Waals surface area contributed by atoms with Gasteiger partial charge in [0.25, 0.3) is 6.43 Å². The normalized spacial score (nSPS) is 11.4. The molecule has 0 atom stereocenters. The largest absolute Gasteiger partial charge is 0.573 e. The number of nitrogen functional groups attached to an aromatic ring is 1. The Morgan fingerprint density at radius 2 is 2.00 bits per heavy atom. The van der Waals surface area contributed by atoms with E-state index >= 15 is 0 Å². The number of halogens is 5. The molecule has 0 radical (unpaired) electrons. The predicted molar refractivity (Wildman–Crippen MR) is 45.0 cm³/mol. The van der Waals surface area contributed by atoms with Gasteiger partial charge in [-0.05, 0) is 0 Å². The molecule has 0 fully saturated rings.